The Morgan fingerprint density at radius 2 is 2.26 bits per heavy atom. The molecule has 0 aliphatic carbocycles. The predicted octanol–water partition coefficient (Wildman–Crippen LogP) is 3.32. The Labute approximate surface area is 112 Å². The molecule has 0 aliphatic rings. The van der Waals surface area contributed by atoms with E-state index in [1.165, 1.54) is 6.07 Å². The first kappa shape index (κ1) is 13.5. The fourth-order valence-electron chi connectivity index (χ4n) is 1.99. The van der Waals surface area contributed by atoms with Crippen molar-refractivity contribution in [2.24, 2.45) is 0 Å². The summed E-state index contributed by atoms with van der Waals surface area (Å²) in [4.78, 5) is 0. The molecule has 0 radical (unpaired) electrons. The van der Waals surface area contributed by atoms with Crippen LogP contribution in [0.2, 0.25) is 0 Å². The van der Waals surface area contributed by atoms with E-state index in [0.717, 1.165) is 12.2 Å². The highest BCUT2D eigenvalue weighted by atomic mass is 19.1. The van der Waals surface area contributed by atoms with Crippen LogP contribution < -0.4 is 10.1 Å². The van der Waals surface area contributed by atoms with Gasteiger partial charge in [-0.15, -0.1) is 5.10 Å². The van der Waals surface area contributed by atoms with E-state index >= 15 is 0 Å². The number of rotatable bonds is 5. The predicted molar refractivity (Wildman–Crippen MR) is 71.9 cm³/mol. The Morgan fingerprint density at radius 1 is 1.47 bits per heavy atom. The molecule has 1 unspecified atom stereocenters. The van der Waals surface area contributed by atoms with Crippen LogP contribution in [0.15, 0.2) is 24.3 Å². The van der Waals surface area contributed by atoms with E-state index in [4.69, 9.17) is 4.74 Å². The highest BCUT2D eigenvalue weighted by Crippen LogP contribution is 2.31. The smallest absolute Gasteiger partial charge is 0.238 e. The van der Waals surface area contributed by atoms with Crippen molar-refractivity contribution in [2.45, 2.75) is 26.8 Å². The van der Waals surface area contributed by atoms with Gasteiger partial charge in [-0.3, -0.25) is 5.10 Å². The van der Waals surface area contributed by atoms with E-state index in [1.807, 2.05) is 20.8 Å². The molecule has 1 aromatic heterocycles. The van der Waals surface area contributed by atoms with Crippen LogP contribution in [-0.4, -0.2) is 16.7 Å². The number of aryl methyl sites for hydroxylation is 1. The van der Waals surface area contributed by atoms with E-state index in [2.05, 4.69) is 15.5 Å². The van der Waals surface area contributed by atoms with Gasteiger partial charge in [0.1, 0.15) is 11.6 Å². The number of aromatic nitrogens is 2. The average Bonchev–Trinajstić information content (AvgIpc) is 2.75. The lowest BCUT2D eigenvalue weighted by Gasteiger charge is -2.17. The van der Waals surface area contributed by atoms with Crippen LogP contribution in [0.5, 0.6) is 11.6 Å². The summed E-state index contributed by atoms with van der Waals surface area (Å²) in [5.74, 6) is 0.645. The Morgan fingerprint density at radius 3 is 2.89 bits per heavy atom. The molecule has 1 heterocycles. The summed E-state index contributed by atoms with van der Waals surface area (Å²) in [6.07, 6.45) is 0. The molecular weight excluding hydrogens is 245 g/mol. The lowest BCUT2D eigenvalue weighted by atomic mass is 10.1. The van der Waals surface area contributed by atoms with Gasteiger partial charge in [0, 0.05) is 23.4 Å². The normalized spacial score (nSPS) is 12.4. The molecule has 0 aliphatic heterocycles. The molecule has 0 fully saturated rings. The summed E-state index contributed by atoms with van der Waals surface area (Å²) >= 11 is 0. The quantitative estimate of drug-likeness (QED) is 0.870. The molecule has 2 aromatic rings. The van der Waals surface area contributed by atoms with Crippen molar-refractivity contribution in [3.05, 3.63) is 41.3 Å². The maximum Gasteiger partial charge on any atom is 0.238 e. The highest BCUT2D eigenvalue weighted by molar-refractivity contribution is 5.39. The van der Waals surface area contributed by atoms with Crippen LogP contribution in [0.3, 0.4) is 0 Å². The van der Waals surface area contributed by atoms with Crippen molar-refractivity contribution in [2.75, 3.05) is 6.54 Å². The van der Waals surface area contributed by atoms with Gasteiger partial charge in [-0.25, -0.2) is 4.39 Å². The van der Waals surface area contributed by atoms with Crippen molar-refractivity contribution >= 4 is 0 Å². The lowest BCUT2D eigenvalue weighted by molar-refractivity contribution is 0.433. The van der Waals surface area contributed by atoms with Crippen molar-refractivity contribution in [1.82, 2.24) is 15.5 Å². The number of benzene rings is 1. The molecule has 2 rings (SSSR count). The molecule has 0 spiro atoms. The molecule has 4 nitrogen and oxygen atoms in total. The van der Waals surface area contributed by atoms with E-state index in [-0.39, 0.29) is 11.9 Å². The molecule has 1 atom stereocenters. The van der Waals surface area contributed by atoms with Crippen molar-refractivity contribution in [3.63, 3.8) is 0 Å². The topological polar surface area (TPSA) is 49.9 Å². The average molecular weight is 263 g/mol. The molecule has 2 N–H and O–H groups in total. The monoisotopic (exact) mass is 263 g/mol. The largest absolute Gasteiger partial charge is 0.437 e. The van der Waals surface area contributed by atoms with Crippen LogP contribution in [-0.2, 0) is 0 Å². The molecule has 1 aromatic carbocycles. The van der Waals surface area contributed by atoms with Crippen molar-refractivity contribution in [3.8, 4) is 11.6 Å². The van der Waals surface area contributed by atoms with Gasteiger partial charge in [0.15, 0.2) is 0 Å². The first-order valence-electron chi connectivity index (χ1n) is 6.33. The fraction of sp³-hybridized carbons (Fsp3) is 0.357. The second-order valence-electron chi connectivity index (χ2n) is 4.42. The Kier molecular flexibility index (Phi) is 4.16. The van der Waals surface area contributed by atoms with E-state index in [9.17, 15) is 4.39 Å². The number of H-pyrrole nitrogens is 1. The highest BCUT2D eigenvalue weighted by Gasteiger charge is 2.17. The minimum atomic E-state index is -0.279. The number of nitrogens with zero attached hydrogens (tertiary/aromatic N) is 1. The fourth-order valence-corrected chi connectivity index (χ4v) is 1.99. The van der Waals surface area contributed by atoms with Crippen LogP contribution >= 0.6 is 0 Å². The van der Waals surface area contributed by atoms with Crippen molar-refractivity contribution < 1.29 is 9.13 Å². The summed E-state index contributed by atoms with van der Waals surface area (Å²) in [5, 5.41) is 9.98. The Hall–Kier alpha value is -1.88. The van der Waals surface area contributed by atoms with E-state index in [0.29, 0.717) is 17.2 Å². The second kappa shape index (κ2) is 5.84. The number of hydrogen-bond acceptors (Lipinski definition) is 3. The molecule has 102 valence electrons. The Bertz CT molecular complexity index is 553. The zero-order chi connectivity index (χ0) is 13.8. The van der Waals surface area contributed by atoms with Crippen molar-refractivity contribution in [1.29, 1.82) is 0 Å². The molecule has 0 saturated heterocycles. The van der Waals surface area contributed by atoms with Gasteiger partial charge in [0.05, 0.1) is 0 Å². The van der Waals surface area contributed by atoms with E-state index in [1.54, 1.807) is 18.2 Å². The van der Waals surface area contributed by atoms with Gasteiger partial charge < -0.3 is 10.1 Å². The van der Waals surface area contributed by atoms with Gasteiger partial charge in [-0.2, -0.15) is 0 Å². The van der Waals surface area contributed by atoms with Gasteiger partial charge in [0.2, 0.25) is 5.88 Å². The third kappa shape index (κ3) is 3.12. The lowest BCUT2D eigenvalue weighted by Crippen LogP contribution is -2.19. The van der Waals surface area contributed by atoms with Crippen LogP contribution in [0.4, 0.5) is 4.39 Å². The minimum absolute atomic E-state index is 0.124. The summed E-state index contributed by atoms with van der Waals surface area (Å²) < 4.78 is 19.6. The summed E-state index contributed by atoms with van der Waals surface area (Å²) in [6.45, 7) is 6.53. The molecule has 0 saturated carbocycles. The molecule has 5 heteroatoms. The molecular formula is C14H18FN3O. The summed E-state index contributed by atoms with van der Waals surface area (Å²) in [7, 11) is 0. The number of nitrogens with one attached hydrogen (secondary N) is 2. The number of ether oxygens (including phenoxy) is 1. The summed E-state index contributed by atoms with van der Waals surface area (Å²) in [5.41, 5.74) is 1.41. The third-order valence-corrected chi connectivity index (χ3v) is 2.85. The van der Waals surface area contributed by atoms with Gasteiger partial charge in [-0.05, 0) is 32.5 Å². The number of aromatic amines is 1. The maximum atomic E-state index is 14.0. The maximum absolute atomic E-state index is 14.0. The standard InChI is InChI=1S/C14H18FN3O/c1-4-16-10(3)14-11(15)6-5-7-12(14)19-13-8-9(2)17-18-13/h5-8,10,16H,4H2,1-3H3,(H,17,18). The van der Waals surface area contributed by atoms with Crippen LogP contribution in [0.1, 0.15) is 31.1 Å². The zero-order valence-electron chi connectivity index (χ0n) is 11.3. The molecule has 0 bridgehead atoms. The number of hydrogen-bond donors (Lipinski definition) is 2. The molecule has 0 amide bonds. The first-order chi connectivity index (χ1) is 9.11. The zero-order valence-corrected chi connectivity index (χ0v) is 11.3. The minimum Gasteiger partial charge on any atom is -0.437 e. The first-order valence-corrected chi connectivity index (χ1v) is 6.33. The van der Waals surface area contributed by atoms with Crippen LogP contribution in [0, 0.1) is 12.7 Å². The SMILES string of the molecule is CCNC(C)c1c(F)cccc1Oc1cc(C)[nH]n1. The van der Waals surface area contributed by atoms with Gasteiger partial charge in [0.25, 0.3) is 0 Å². The van der Waals surface area contributed by atoms with E-state index < -0.39 is 0 Å². The van der Waals surface area contributed by atoms with Gasteiger partial charge in [-0.1, -0.05) is 13.0 Å². The number of halogens is 1. The molecule has 19 heavy (non-hydrogen) atoms. The summed E-state index contributed by atoms with van der Waals surface area (Å²) in [6, 6.07) is 6.46. The van der Waals surface area contributed by atoms with Gasteiger partial charge >= 0.3 is 0 Å². The van der Waals surface area contributed by atoms with Crippen LogP contribution in [0.25, 0.3) is 0 Å². The third-order valence-electron chi connectivity index (χ3n) is 2.85. The Balaban J connectivity index is 2.31. The second-order valence-corrected chi connectivity index (χ2v) is 4.42.